The van der Waals surface area contributed by atoms with E-state index in [1.54, 1.807) is 0 Å². The molecule has 0 aromatic heterocycles. The van der Waals surface area contributed by atoms with Gasteiger partial charge in [-0.05, 0) is 41.8 Å². The van der Waals surface area contributed by atoms with E-state index in [2.05, 4.69) is 21.2 Å². The molecule has 2 N–H and O–H groups in total. The van der Waals surface area contributed by atoms with Crippen molar-refractivity contribution >= 4 is 39.2 Å². The standard InChI is InChI=1S/C17H14BrNO2/c18-13-6-4-11(5-7-13)10-14-16-12(8-9-20)2-1-3-15(16)19-17(14)21/h1-7,10,20H,8-9H2,(H,19,21)/b14-10+. The summed E-state index contributed by atoms with van der Waals surface area (Å²) < 4.78 is 1.00. The Morgan fingerprint density at radius 3 is 2.62 bits per heavy atom. The Morgan fingerprint density at radius 2 is 1.90 bits per heavy atom. The molecule has 0 fully saturated rings. The number of fused-ring (bicyclic) bond motifs is 1. The third kappa shape index (κ3) is 2.77. The van der Waals surface area contributed by atoms with Gasteiger partial charge in [-0.3, -0.25) is 4.79 Å². The highest BCUT2D eigenvalue weighted by atomic mass is 79.9. The van der Waals surface area contributed by atoms with Gasteiger partial charge in [-0.2, -0.15) is 0 Å². The number of carbonyl (C=O) groups is 1. The number of nitrogens with one attached hydrogen (secondary N) is 1. The van der Waals surface area contributed by atoms with Crippen molar-refractivity contribution in [3.63, 3.8) is 0 Å². The van der Waals surface area contributed by atoms with E-state index in [4.69, 9.17) is 0 Å². The van der Waals surface area contributed by atoms with E-state index in [0.717, 1.165) is 26.9 Å². The van der Waals surface area contributed by atoms with Crippen LogP contribution >= 0.6 is 15.9 Å². The molecular weight excluding hydrogens is 330 g/mol. The molecule has 1 aliphatic rings. The Kier molecular flexibility index (Phi) is 3.90. The molecule has 0 saturated carbocycles. The monoisotopic (exact) mass is 343 g/mol. The number of carbonyl (C=O) groups excluding carboxylic acids is 1. The lowest BCUT2D eigenvalue weighted by atomic mass is 9.97. The molecule has 0 spiro atoms. The fourth-order valence-corrected chi connectivity index (χ4v) is 2.78. The fourth-order valence-electron chi connectivity index (χ4n) is 2.52. The van der Waals surface area contributed by atoms with E-state index in [0.29, 0.717) is 12.0 Å². The van der Waals surface area contributed by atoms with E-state index in [9.17, 15) is 9.90 Å². The molecule has 2 aromatic carbocycles. The first-order valence-corrected chi connectivity index (χ1v) is 7.50. The molecule has 0 atom stereocenters. The van der Waals surface area contributed by atoms with Crippen LogP contribution in [-0.2, 0) is 11.2 Å². The summed E-state index contributed by atoms with van der Waals surface area (Å²) in [4.78, 5) is 12.2. The number of halogens is 1. The lowest BCUT2D eigenvalue weighted by Gasteiger charge is -2.06. The van der Waals surface area contributed by atoms with Crippen molar-refractivity contribution in [1.29, 1.82) is 0 Å². The van der Waals surface area contributed by atoms with Crippen LogP contribution in [0.15, 0.2) is 46.9 Å². The molecule has 3 rings (SSSR count). The molecule has 0 saturated heterocycles. The Hall–Kier alpha value is -1.91. The second-order valence-corrected chi connectivity index (χ2v) is 5.79. The maximum absolute atomic E-state index is 12.2. The molecule has 1 aliphatic heterocycles. The molecule has 0 unspecified atom stereocenters. The van der Waals surface area contributed by atoms with E-state index >= 15 is 0 Å². The Bertz CT molecular complexity index is 720. The van der Waals surface area contributed by atoms with Crippen LogP contribution in [-0.4, -0.2) is 17.6 Å². The van der Waals surface area contributed by atoms with Crippen molar-refractivity contribution in [2.45, 2.75) is 6.42 Å². The topological polar surface area (TPSA) is 49.3 Å². The summed E-state index contributed by atoms with van der Waals surface area (Å²) in [6, 6.07) is 13.5. The van der Waals surface area contributed by atoms with Crippen LogP contribution in [0, 0.1) is 0 Å². The molecule has 21 heavy (non-hydrogen) atoms. The number of amides is 1. The van der Waals surface area contributed by atoms with Gasteiger partial charge in [0.2, 0.25) is 0 Å². The zero-order valence-electron chi connectivity index (χ0n) is 11.3. The quantitative estimate of drug-likeness (QED) is 0.838. The highest BCUT2D eigenvalue weighted by Crippen LogP contribution is 2.36. The number of anilines is 1. The predicted molar refractivity (Wildman–Crippen MR) is 87.9 cm³/mol. The van der Waals surface area contributed by atoms with Crippen LogP contribution < -0.4 is 5.32 Å². The minimum Gasteiger partial charge on any atom is -0.396 e. The first-order chi connectivity index (χ1) is 10.2. The van der Waals surface area contributed by atoms with Gasteiger partial charge >= 0.3 is 0 Å². The van der Waals surface area contributed by atoms with Gasteiger partial charge in [0.25, 0.3) is 5.91 Å². The van der Waals surface area contributed by atoms with Crippen LogP contribution in [0.5, 0.6) is 0 Å². The summed E-state index contributed by atoms with van der Waals surface area (Å²) >= 11 is 3.40. The van der Waals surface area contributed by atoms with E-state index in [-0.39, 0.29) is 12.5 Å². The van der Waals surface area contributed by atoms with Gasteiger partial charge in [-0.15, -0.1) is 0 Å². The zero-order valence-corrected chi connectivity index (χ0v) is 12.9. The molecule has 1 amide bonds. The van der Waals surface area contributed by atoms with E-state index < -0.39 is 0 Å². The Morgan fingerprint density at radius 1 is 1.14 bits per heavy atom. The summed E-state index contributed by atoms with van der Waals surface area (Å²) in [5.41, 5.74) is 4.32. The first kappa shape index (κ1) is 14.0. The number of hydrogen-bond acceptors (Lipinski definition) is 2. The van der Waals surface area contributed by atoms with E-state index in [1.807, 2.05) is 48.5 Å². The maximum atomic E-state index is 12.2. The lowest BCUT2D eigenvalue weighted by molar-refractivity contribution is -0.110. The molecule has 1 heterocycles. The van der Waals surface area contributed by atoms with Gasteiger partial charge in [-0.25, -0.2) is 0 Å². The van der Waals surface area contributed by atoms with E-state index in [1.165, 1.54) is 0 Å². The lowest BCUT2D eigenvalue weighted by Crippen LogP contribution is -2.03. The molecule has 0 bridgehead atoms. The van der Waals surface area contributed by atoms with Gasteiger partial charge in [0.15, 0.2) is 0 Å². The Labute approximate surface area is 131 Å². The van der Waals surface area contributed by atoms with Crippen LogP contribution in [0.1, 0.15) is 16.7 Å². The highest BCUT2D eigenvalue weighted by molar-refractivity contribution is 9.10. The molecule has 106 valence electrons. The normalized spacial score (nSPS) is 15.1. The Balaban J connectivity index is 2.09. The van der Waals surface area contributed by atoms with Crippen molar-refractivity contribution < 1.29 is 9.90 Å². The largest absolute Gasteiger partial charge is 0.396 e. The van der Waals surface area contributed by atoms with Crippen LogP contribution in [0.25, 0.3) is 11.6 Å². The maximum Gasteiger partial charge on any atom is 0.256 e. The summed E-state index contributed by atoms with van der Waals surface area (Å²) in [6.07, 6.45) is 2.42. The minimum atomic E-state index is -0.0988. The SMILES string of the molecule is O=C1Nc2cccc(CCO)c2/C1=C\c1ccc(Br)cc1. The molecule has 0 aliphatic carbocycles. The molecule has 0 radical (unpaired) electrons. The van der Waals surface area contributed by atoms with Crippen molar-refractivity contribution in [2.24, 2.45) is 0 Å². The summed E-state index contributed by atoms with van der Waals surface area (Å²) in [5.74, 6) is -0.0988. The van der Waals surface area contributed by atoms with Gasteiger partial charge in [-0.1, -0.05) is 40.2 Å². The van der Waals surface area contributed by atoms with Crippen LogP contribution in [0.2, 0.25) is 0 Å². The van der Waals surface area contributed by atoms with Crippen molar-refractivity contribution in [2.75, 3.05) is 11.9 Å². The molecule has 4 heteroatoms. The summed E-state index contributed by atoms with van der Waals surface area (Å²) in [6.45, 7) is 0.0657. The average molecular weight is 344 g/mol. The summed E-state index contributed by atoms with van der Waals surface area (Å²) in [5, 5.41) is 12.1. The number of aliphatic hydroxyl groups excluding tert-OH is 1. The van der Waals surface area contributed by atoms with Crippen molar-refractivity contribution in [3.05, 3.63) is 63.6 Å². The average Bonchev–Trinajstić information content (AvgIpc) is 2.79. The fraction of sp³-hybridized carbons (Fsp3) is 0.118. The second kappa shape index (κ2) is 5.84. The van der Waals surface area contributed by atoms with Crippen LogP contribution in [0.3, 0.4) is 0 Å². The second-order valence-electron chi connectivity index (χ2n) is 4.88. The van der Waals surface area contributed by atoms with Gasteiger partial charge < -0.3 is 10.4 Å². The van der Waals surface area contributed by atoms with Gasteiger partial charge in [0.05, 0.1) is 0 Å². The summed E-state index contributed by atoms with van der Waals surface area (Å²) in [7, 11) is 0. The van der Waals surface area contributed by atoms with Crippen LogP contribution in [0.4, 0.5) is 5.69 Å². The number of rotatable bonds is 3. The predicted octanol–water partition coefficient (Wildman–Crippen LogP) is 3.48. The number of benzene rings is 2. The third-order valence-electron chi connectivity index (χ3n) is 3.48. The smallest absolute Gasteiger partial charge is 0.256 e. The number of aliphatic hydroxyl groups is 1. The molecular formula is C17H14BrNO2. The highest BCUT2D eigenvalue weighted by Gasteiger charge is 2.26. The van der Waals surface area contributed by atoms with Gasteiger partial charge in [0, 0.05) is 27.9 Å². The molecule has 3 nitrogen and oxygen atoms in total. The molecule has 2 aromatic rings. The van der Waals surface area contributed by atoms with Crippen molar-refractivity contribution in [1.82, 2.24) is 0 Å². The number of hydrogen-bond donors (Lipinski definition) is 2. The third-order valence-corrected chi connectivity index (χ3v) is 4.00. The van der Waals surface area contributed by atoms with Crippen molar-refractivity contribution in [3.8, 4) is 0 Å². The first-order valence-electron chi connectivity index (χ1n) is 6.71. The minimum absolute atomic E-state index is 0.0657. The van der Waals surface area contributed by atoms with Gasteiger partial charge in [0.1, 0.15) is 0 Å². The zero-order chi connectivity index (χ0) is 14.8.